The number of amides is 1. The third-order valence-electron chi connectivity index (χ3n) is 4.34. The summed E-state index contributed by atoms with van der Waals surface area (Å²) in [6, 6.07) is 6.33. The van der Waals surface area contributed by atoms with Crippen LogP contribution < -0.4 is 4.74 Å². The van der Waals surface area contributed by atoms with Gasteiger partial charge in [-0.3, -0.25) is 4.79 Å². The molecule has 6 nitrogen and oxygen atoms in total. The number of carbonyl (C=O) groups excluding carboxylic acids is 1. The lowest BCUT2D eigenvalue weighted by Crippen LogP contribution is -2.41. The lowest BCUT2D eigenvalue weighted by molar-refractivity contribution is -0.133. The molecule has 0 unspecified atom stereocenters. The van der Waals surface area contributed by atoms with Crippen molar-refractivity contribution in [2.45, 2.75) is 39.2 Å². The minimum atomic E-state index is 0.143. The van der Waals surface area contributed by atoms with E-state index in [9.17, 15) is 4.79 Å². The lowest BCUT2D eigenvalue weighted by Gasteiger charge is -2.32. The lowest BCUT2D eigenvalue weighted by atomic mass is 10.1. The Kier molecular flexibility index (Phi) is 5.13. The highest BCUT2D eigenvalue weighted by atomic mass is 16.5. The second-order valence-electron chi connectivity index (χ2n) is 6.43. The van der Waals surface area contributed by atoms with Crippen molar-refractivity contribution >= 4 is 5.91 Å². The van der Waals surface area contributed by atoms with Gasteiger partial charge in [0.15, 0.2) is 0 Å². The summed E-state index contributed by atoms with van der Waals surface area (Å²) in [6.45, 7) is 6.01. The van der Waals surface area contributed by atoms with Gasteiger partial charge in [-0.1, -0.05) is 6.07 Å². The molecule has 1 amide bonds. The molecule has 24 heavy (non-hydrogen) atoms. The number of aromatic nitrogens is 3. The molecule has 2 aromatic rings. The van der Waals surface area contributed by atoms with Crippen LogP contribution in [0.2, 0.25) is 0 Å². The fourth-order valence-electron chi connectivity index (χ4n) is 3.23. The highest BCUT2D eigenvalue weighted by Crippen LogP contribution is 2.21. The third kappa shape index (κ3) is 4.13. The highest BCUT2D eigenvalue weighted by molar-refractivity contribution is 5.76. The van der Waals surface area contributed by atoms with Crippen LogP contribution in [0.5, 0.6) is 5.75 Å². The van der Waals surface area contributed by atoms with Crippen LogP contribution in [0, 0.1) is 13.8 Å². The first kappa shape index (κ1) is 16.5. The molecule has 1 aromatic carbocycles. The maximum atomic E-state index is 12.4. The average molecular weight is 328 g/mol. The fraction of sp³-hybridized carbons (Fsp3) is 0.500. The van der Waals surface area contributed by atoms with Gasteiger partial charge in [-0.25, -0.2) is 9.67 Å². The Balaban J connectivity index is 1.49. The molecule has 1 fully saturated rings. The summed E-state index contributed by atoms with van der Waals surface area (Å²) in [6.07, 6.45) is 5.69. The molecule has 0 spiro atoms. The van der Waals surface area contributed by atoms with E-state index in [0.29, 0.717) is 19.6 Å². The number of benzene rings is 1. The number of hydrogen-bond donors (Lipinski definition) is 0. The van der Waals surface area contributed by atoms with Crippen molar-refractivity contribution in [2.24, 2.45) is 0 Å². The number of aryl methyl sites for hydroxylation is 2. The SMILES string of the molecule is Cc1cc(C)cc(OCCC(=O)N2CCC[C@@H](n3cncn3)C2)c1. The van der Waals surface area contributed by atoms with E-state index in [1.54, 1.807) is 12.7 Å². The summed E-state index contributed by atoms with van der Waals surface area (Å²) in [5.74, 6) is 0.976. The monoisotopic (exact) mass is 328 g/mol. The summed E-state index contributed by atoms with van der Waals surface area (Å²) in [4.78, 5) is 18.3. The largest absolute Gasteiger partial charge is 0.493 e. The van der Waals surface area contributed by atoms with Crippen LogP contribution in [0.3, 0.4) is 0 Å². The Hall–Kier alpha value is -2.37. The van der Waals surface area contributed by atoms with Gasteiger partial charge in [0, 0.05) is 13.1 Å². The Morgan fingerprint density at radius 3 is 2.79 bits per heavy atom. The Morgan fingerprint density at radius 1 is 1.29 bits per heavy atom. The molecule has 128 valence electrons. The van der Waals surface area contributed by atoms with Crippen LogP contribution in [-0.4, -0.2) is 45.3 Å². The smallest absolute Gasteiger partial charge is 0.226 e. The predicted octanol–water partition coefficient (Wildman–Crippen LogP) is 2.53. The topological polar surface area (TPSA) is 60.2 Å². The van der Waals surface area contributed by atoms with E-state index in [0.717, 1.165) is 25.1 Å². The van der Waals surface area contributed by atoms with Crippen molar-refractivity contribution in [3.05, 3.63) is 42.0 Å². The van der Waals surface area contributed by atoms with Gasteiger partial charge in [-0.05, 0) is 49.9 Å². The first-order chi connectivity index (χ1) is 11.6. The van der Waals surface area contributed by atoms with Crippen LogP contribution in [0.15, 0.2) is 30.9 Å². The number of rotatable bonds is 5. The molecule has 6 heteroatoms. The van der Waals surface area contributed by atoms with Gasteiger partial charge in [0.05, 0.1) is 19.1 Å². The van der Waals surface area contributed by atoms with Gasteiger partial charge in [0.1, 0.15) is 18.4 Å². The number of likely N-dealkylation sites (tertiary alicyclic amines) is 1. The normalized spacial score (nSPS) is 17.8. The Morgan fingerprint density at radius 2 is 2.08 bits per heavy atom. The first-order valence-corrected chi connectivity index (χ1v) is 8.45. The standard InChI is InChI=1S/C18H24N4O2/c1-14-8-15(2)10-17(9-14)24-7-5-18(23)21-6-3-4-16(11-21)22-13-19-12-20-22/h8-10,12-13,16H,3-7,11H2,1-2H3/t16-/m1/s1. The van der Waals surface area contributed by atoms with E-state index < -0.39 is 0 Å². The second kappa shape index (κ2) is 7.47. The van der Waals surface area contributed by atoms with Crippen LogP contribution in [0.25, 0.3) is 0 Å². The molecule has 0 bridgehead atoms. The molecular weight excluding hydrogens is 304 g/mol. The van der Waals surface area contributed by atoms with Crippen molar-refractivity contribution in [1.29, 1.82) is 0 Å². The van der Waals surface area contributed by atoms with Crippen molar-refractivity contribution in [1.82, 2.24) is 19.7 Å². The van der Waals surface area contributed by atoms with E-state index in [1.165, 1.54) is 11.1 Å². The molecule has 1 aliphatic heterocycles. The van der Waals surface area contributed by atoms with E-state index in [4.69, 9.17) is 4.74 Å². The third-order valence-corrected chi connectivity index (χ3v) is 4.34. The maximum absolute atomic E-state index is 12.4. The van der Waals surface area contributed by atoms with E-state index in [-0.39, 0.29) is 11.9 Å². The van der Waals surface area contributed by atoms with Crippen molar-refractivity contribution < 1.29 is 9.53 Å². The van der Waals surface area contributed by atoms with E-state index in [2.05, 4.69) is 16.1 Å². The summed E-state index contributed by atoms with van der Waals surface area (Å²) >= 11 is 0. The molecule has 0 saturated carbocycles. The summed E-state index contributed by atoms with van der Waals surface area (Å²) in [5.41, 5.74) is 2.34. The highest BCUT2D eigenvalue weighted by Gasteiger charge is 2.24. The quantitative estimate of drug-likeness (QED) is 0.846. The molecule has 2 heterocycles. The minimum absolute atomic E-state index is 0.143. The van der Waals surface area contributed by atoms with Crippen LogP contribution in [0.1, 0.15) is 36.4 Å². The molecule has 0 radical (unpaired) electrons. The van der Waals surface area contributed by atoms with Crippen LogP contribution in [0.4, 0.5) is 0 Å². The number of ether oxygens (including phenoxy) is 1. The van der Waals surface area contributed by atoms with Gasteiger partial charge in [-0.2, -0.15) is 5.10 Å². The molecule has 1 saturated heterocycles. The van der Waals surface area contributed by atoms with Crippen LogP contribution in [-0.2, 0) is 4.79 Å². The van der Waals surface area contributed by atoms with Gasteiger partial charge in [0.25, 0.3) is 0 Å². The molecule has 1 atom stereocenters. The van der Waals surface area contributed by atoms with Crippen LogP contribution >= 0.6 is 0 Å². The summed E-state index contributed by atoms with van der Waals surface area (Å²) in [5, 5.41) is 4.19. The number of carbonyl (C=O) groups is 1. The number of nitrogens with zero attached hydrogens (tertiary/aromatic N) is 4. The summed E-state index contributed by atoms with van der Waals surface area (Å²) < 4.78 is 7.61. The van der Waals surface area contributed by atoms with Gasteiger partial charge in [0.2, 0.25) is 5.91 Å². The summed E-state index contributed by atoms with van der Waals surface area (Å²) in [7, 11) is 0. The second-order valence-corrected chi connectivity index (χ2v) is 6.43. The Bertz CT molecular complexity index is 664. The number of hydrogen-bond acceptors (Lipinski definition) is 4. The van der Waals surface area contributed by atoms with Gasteiger partial charge >= 0.3 is 0 Å². The molecule has 0 aliphatic carbocycles. The van der Waals surface area contributed by atoms with E-state index >= 15 is 0 Å². The molecule has 0 N–H and O–H groups in total. The number of piperidine rings is 1. The van der Waals surface area contributed by atoms with Crippen molar-refractivity contribution in [3.8, 4) is 5.75 Å². The molecule has 1 aromatic heterocycles. The first-order valence-electron chi connectivity index (χ1n) is 8.45. The average Bonchev–Trinajstić information content (AvgIpc) is 3.08. The molecular formula is C18H24N4O2. The van der Waals surface area contributed by atoms with Gasteiger partial charge < -0.3 is 9.64 Å². The fourth-order valence-corrected chi connectivity index (χ4v) is 3.23. The predicted molar refractivity (Wildman–Crippen MR) is 90.9 cm³/mol. The Labute approximate surface area is 142 Å². The zero-order chi connectivity index (χ0) is 16.9. The van der Waals surface area contributed by atoms with Crippen molar-refractivity contribution in [3.63, 3.8) is 0 Å². The zero-order valence-electron chi connectivity index (χ0n) is 14.3. The van der Waals surface area contributed by atoms with E-state index in [1.807, 2.05) is 35.6 Å². The van der Waals surface area contributed by atoms with Gasteiger partial charge in [-0.15, -0.1) is 0 Å². The molecule has 3 rings (SSSR count). The maximum Gasteiger partial charge on any atom is 0.226 e. The molecule has 1 aliphatic rings. The zero-order valence-corrected chi connectivity index (χ0v) is 14.3. The minimum Gasteiger partial charge on any atom is -0.493 e. The van der Waals surface area contributed by atoms with Crippen molar-refractivity contribution in [2.75, 3.05) is 19.7 Å².